The molecule has 9 nitrogen and oxygen atoms in total. The van der Waals surface area contributed by atoms with Crippen molar-refractivity contribution in [1.82, 2.24) is 19.9 Å². The second-order valence-corrected chi connectivity index (χ2v) is 10.8. The number of pyridine rings is 1. The number of ether oxygens (including phenoxy) is 3. The maximum absolute atomic E-state index is 13.0. The van der Waals surface area contributed by atoms with Gasteiger partial charge in [0.05, 0.1) is 35.3 Å². The predicted molar refractivity (Wildman–Crippen MR) is 137 cm³/mol. The minimum absolute atomic E-state index is 0.284. The first-order chi connectivity index (χ1) is 17.5. The van der Waals surface area contributed by atoms with Gasteiger partial charge < -0.3 is 19.2 Å². The summed E-state index contributed by atoms with van der Waals surface area (Å²) in [5, 5.41) is 0.284. The number of alkyl halides is 4. The van der Waals surface area contributed by atoms with Crippen LogP contribution in [0.2, 0.25) is 0 Å². The van der Waals surface area contributed by atoms with E-state index in [4.69, 9.17) is 14.5 Å². The third-order valence-corrected chi connectivity index (χ3v) is 5.35. The Kier molecular flexibility index (Phi) is 8.30. The van der Waals surface area contributed by atoms with E-state index in [1.165, 1.54) is 30.6 Å². The van der Waals surface area contributed by atoms with Gasteiger partial charge in [0.25, 0.3) is 0 Å². The van der Waals surface area contributed by atoms with Crippen molar-refractivity contribution in [2.45, 2.75) is 71.0 Å². The first-order valence-corrected chi connectivity index (χ1v) is 12.6. The van der Waals surface area contributed by atoms with E-state index in [2.05, 4.69) is 30.6 Å². The number of carbonyl (C=O) groups excluding carboxylic acids is 2. The number of nitrogens with one attached hydrogen (secondary N) is 1. The van der Waals surface area contributed by atoms with Gasteiger partial charge >= 0.3 is 18.5 Å². The average molecular weight is 601 g/mol. The van der Waals surface area contributed by atoms with Gasteiger partial charge in [0.1, 0.15) is 17.0 Å². The first-order valence-electron chi connectivity index (χ1n) is 11.5. The number of rotatable bonds is 5. The summed E-state index contributed by atoms with van der Waals surface area (Å²) in [6.07, 6.45) is -5.22. The Morgan fingerprint density at radius 1 is 0.974 bits per heavy atom. The number of halogens is 4. The first kappa shape index (κ1) is 29.2. The fourth-order valence-electron chi connectivity index (χ4n) is 3.38. The van der Waals surface area contributed by atoms with Gasteiger partial charge in [-0.2, -0.15) is 0 Å². The van der Waals surface area contributed by atoms with Gasteiger partial charge in [-0.05, 0) is 65.8 Å². The summed E-state index contributed by atoms with van der Waals surface area (Å²) < 4.78 is 52.6. The van der Waals surface area contributed by atoms with Crippen LogP contribution in [0.25, 0.3) is 22.3 Å². The van der Waals surface area contributed by atoms with Crippen LogP contribution in [0.15, 0.2) is 30.6 Å². The highest BCUT2D eigenvalue weighted by Gasteiger charge is 2.33. The van der Waals surface area contributed by atoms with Gasteiger partial charge in [-0.15, -0.1) is 13.2 Å². The monoisotopic (exact) mass is 600 g/mol. The maximum atomic E-state index is 13.0. The normalized spacial score (nSPS) is 12.4. The molecule has 0 unspecified atom stereocenters. The van der Waals surface area contributed by atoms with E-state index in [9.17, 15) is 22.8 Å². The quantitative estimate of drug-likeness (QED) is 0.311. The molecule has 2 amide bonds. The van der Waals surface area contributed by atoms with Crippen molar-refractivity contribution in [2.75, 3.05) is 0 Å². The average Bonchev–Trinajstić information content (AvgIpc) is 3.23. The molecule has 3 rings (SSSR count). The van der Waals surface area contributed by atoms with E-state index >= 15 is 0 Å². The highest BCUT2D eigenvalue weighted by atomic mass is 79.9. The predicted octanol–water partition coefficient (Wildman–Crippen LogP) is 7.09. The van der Waals surface area contributed by atoms with Crippen molar-refractivity contribution in [3.05, 3.63) is 41.9 Å². The van der Waals surface area contributed by atoms with E-state index in [0.717, 1.165) is 4.90 Å². The summed E-state index contributed by atoms with van der Waals surface area (Å²) in [6.45, 7) is 9.69. The van der Waals surface area contributed by atoms with E-state index in [1.807, 2.05) is 0 Å². The number of aromatic nitrogens is 3. The molecule has 2 aromatic heterocycles. The van der Waals surface area contributed by atoms with E-state index in [1.54, 1.807) is 41.5 Å². The molecule has 0 aliphatic carbocycles. The van der Waals surface area contributed by atoms with E-state index in [-0.39, 0.29) is 17.6 Å². The lowest BCUT2D eigenvalue weighted by Gasteiger charge is -2.29. The van der Waals surface area contributed by atoms with Crippen LogP contribution in [-0.4, -0.2) is 49.6 Å². The van der Waals surface area contributed by atoms with E-state index in [0.29, 0.717) is 33.5 Å². The molecule has 0 aliphatic rings. The van der Waals surface area contributed by atoms with Crippen LogP contribution in [0.4, 0.5) is 22.8 Å². The number of imide groups is 1. The van der Waals surface area contributed by atoms with Crippen LogP contribution in [0, 0.1) is 0 Å². The summed E-state index contributed by atoms with van der Waals surface area (Å²) in [5.74, 6) is -0.388. The number of imidazole rings is 1. The molecule has 0 saturated carbocycles. The summed E-state index contributed by atoms with van der Waals surface area (Å²) >= 11 is 3.43. The van der Waals surface area contributed by atoms with Gasteiger partial charge in [0, 0.05) is 16.5 Å². The van der Waals surface area contributed by atoms with Crippen LogP contribution >= 0.6 is 15.9 Å². The highest BCUT2D eigenvalue weighted by molar-refractivity contribution is 9.08. The Hall–Kier alpha value is -3.35. The van der Waals surface area contributed by atoms with Crippen molar-refractivity contribution in [3.8, 4) is 17.0 Å². The van der Waals surface area contributed by atoms with Crippen molar-refractivity contribution >= 4 is 39.1 Å². The Balaban J connectivity index is 2.09. The number of carbonyl (C=O) groups is 2. The number of nitrogens with zero attached hydrogens (tertiary/aromatic N) is 3. The van der Waals surface area contributed by atoms with Gasteiger partial charge in [-0.25, -0.2) is 24.5 Å². The largest absolute Gasteiger partial charge is 0.573 e. The molecule has 0 bridgehead atoms. The van der Waals surface area contributed by atoms with Crippen LogP contribution in [0.3, 0.4) is 0 Å². The fraction of sp³-hybridized carbons (Fsp3) is 0.440. The summed E-state index contributed by atoms with van der Waals surface area (Å²) in [5.41, 5.74) is 0.963. The Bertz CT molecular complexity index is 1280. The molecule has 1 aromatic carbocycles. The van der Waals surface area contributed by atoms with Crippen LogP contribution < -0.4 is 4.74 Å². The Labute approximate surface area is 225 Å². The van der Waals surface area contributed by atoms with Crippen molar-refractivity contribution in [2.24, 2.45) is 0 Å². The summed E-state index contributed by atoms with van der Waals surface area (Å²) in [6, 6.07) is 5.17. The molecule has 0 saturated heterocycles. The maximum Gasteiger partial charge on any atom is 0.573 e. The number of H-pyrrole nitrogens is 1. The zero-order valence-corrected chi connectivity index (χ0v) is 23.3. The highest BCUT2D eigenvalue weighted by Crippen LogP contribution is 2.33. The number of fused-ring (bicyclic) bond motifs is 1. The third-order valence-electron chi connectivity index (χ3n) is 4.79. The zero-order chi connectivity index (χ0) is 28.5. The molecular weight excluding hydrogens is 573 g/mol. The number of aromatic amines is 1. The minimum Gasteiger partial charge on any atom is -0.443 e. The molecule has 0 atom stereocenters. The molecule has 0 fully saturated rings. The number of benzene rings is 1. The van der Waals surface area contributed by atoms with Gasteiger partial charge in [-0.3, -0.25) is 0 Å². The molecule has 206 valence electrons. The van der Waals surface area contributed by atoms with Crippen molar-refractivity contribution < 1.29 is 37.0 Å². The van der Waals surface area contributed by atoms with Crippen molar-refractivity contribution in [1.29, 1.82) is 0 Å². The van der Waals surface area contributed by atoms with Gasteiger partial charge in [0.15, 0.2) is 0 Å². The SMILES string of the molecule is CC(C)(C)OC(=O)N(Cc1nc(-c2ccc(OC(F)(F)F)cc2)c2[nH]cnc2c1CBr)C(=O)OC(C)(C)C. The lowest BCUT2D eigenvalue weighted by Crippen LogP contribution is -2.43. The second kappa shape index (κ2) is 10.8. The number of hydrogen-bond acceptors (Lipinski definition) is 7. The van der Waals surface area contributed by atoms with E-state index < -0.39 is 29.8 Å². The van der Waals surface area contributed by atoms with Crippen molar-refractivity contribution in [3.63, 3.8) is 0 Å². The molecule has 2 heterocycles. The topological polar surface area (TPSA) is 107 Å². The second-order valence-electron chi connectivity index (χ2n) is 10.3. The van der Waals surface area contributed by atoms with Gasteiger partial charge in [0.2, 0.25) is 0 Å². The molecule has 0 spiro atoms. The molecule has 13 heteroatoms. The lowest BCUT2D eigenvalue weighted by atomic mass is 10.1. The lowest BCUT2D eigenvalue weighted by molar-refractivity contribution is -0.274. The number of amides is 2. The Morgan fingerprint density at radius 2 is 1.53 bits per heavy atom. The minimum atomic E-state index is -4.83. The Morgan fingerprint density at radius 3 is 2.00 bits per heavy atom. The molecule has 3 aromatic rings. The third kappa shape index (κ3) is 7.59. The zero-order valence-electron chi connectivity index (χ0n) is 21.7. The van der Waals surface area contributed by atoms with Crippen LogP contribution in [0.1, 0.15) is 52.8 Å². The van der Waals surface area contributed by atoms with Gasteiger partial charge in [-0.1, -0.05) is 15.9 Å². The molecule has 0 aliphatic heterocycles. The van der Waals surface area contributed by atoms with Crippen LogP contribution in [-0.2, 0) is 21.3 Å². The summed E-state index contributed by atoms with van der Waals surface area (Å²) in [4.78, 5) is 39.0. The fourth-order valence-corrected chi connectivity index (χ4v) is 3.97. The molecular formula is C25H28BrF3N4O5. The smallest absolute Gasteiger partial charge is 0.443 e. The molecule has 38 heavy (non-hydrogen) atoms. The van der Waals surface area contributed by atoms with Crippen LogP contribution in [0.5, 0.6) is 5.75 Å². The standard InChI is InChI=1S/C25H28BrF3N4O5/c1-23(2,3)37-21(34)33(22(35)38-24(4,5)6)12-17-16(11-26)19-20(31-13-30-19)18(32-17)14-7-9-15(10-8-14)36-25(27,28)29/h7-10,13H,11-12H2,1-6H3,(H,30,31). The summed E-state index contributed by atoms with van der Waals surface area (Å²) in [7, 11) is 0. The molecule has 1 N–H and O–H groups in total. The molecule has 0 radical (unpaired) electrons. The number of hydrogen-bond donors (Lipinski definition) is 1.